The monoisotopic (exact) mass is 354 g/mol. The lowest BCUT2D eigenvalue weighted by molar-refractivity contribution is 0.414. The summed E-state index contributed by atoms with van der Waals surface area (Å²) in [6.07, 6.45) is 10.5. The highest BCUT2D eigenvalue weighted by Gasteiger charge is 2.07. The van der Waals surface area contributed by atoms with E-state index in [9.17, 15) is 8.42 Å². The van der Waals surface area contributed by atoms with Gasteiger partial charge in [-0.3, -0.25) is 0 Å². The second-order valence-electron chi connectivity index (χ2n) is 5.89. The molecule has 0 bridgehead atoms. The number of rotatable bonds is 13. The van der Waals surface area contributed by atoms with Gasteiger partial charge in [-0.15, -0.1) is 0 Å². The number of hydrogen-bond acceptors (Lipinski definition) is 4. The van der Waals surface area contributed by atoms with Gasteiger partial charge in [0.2, 0.25) is 10.0 Å². The van der Waals surface area contributed by atoms with Crippen molar-refractivity contribution in [3.8, 4) is 5.75 Å². The summed E-state index contributed by atoms with van der Waals surface area (Å²) in [7, 11) is -1.79. The van der Waals surface area contributed by atoms with E-state index in [1.807, 2.05) is 18.2 Å². The van der Waals surface area contributed by atoms with E-state index in [4.69, 9.17) is 4.74 Å². The zero-order valence-corrected chi connectivity index (χ0v) is 15.6. The summed E-state index contributed by atoms with van der Waals surface area (Å²) in [6, 6.07) is 7.31. The van der Waals surface area contributed by atoms with Gasteiger partial charge in [-0.05, 0) is 18.6 Å². The van der Waals surface area contributed by atoms with Crippen LogP contribution in [0.1, 0.15) is 63.9 Å². The van der Waals surface area contributed by atoms with Crippen LogP contribution < -0.4 is 9.57 Å². The second kappa shape index (κ2) is 11.9. The first-order valence-electron chi connectivity index (χ1n) is 8.74. The van der Waals surface area contributed by atoms with Gasteiger partial charge in [0.05, 0.1) is 19.1 Å². The fourth-order valence-corrected chi connectivity index (χ4v) is 3.31. The first-order valence-corrected chi connectivity index (χ1v) is 10.4. The van der Waals surface area contributed by atoms with Gasteiger partial charge in [0.1, 0.15) is 5.75 Å². The van der Waals surface area contributed by atoms with Crippen molar-refractivity contribution in [2.75, 3.05) is 12.9 Å². The van der Waals surface area contributed by atoms with E-state index in [0.29, 0.717) is 12.2 Å². The minimum Gasteiger partial charge on any atom is -0.496 e. The molecule has 1 aromatic rings. The zero-order valence-electron chi connectivity index (χ0n) is 14.8. The van der Waals surface area contributed by atoms with Crippen LogP contribution in [0.2, 0.25) is 0 Å². The summed E-state index contributed by atoms with van der Waals surface area (Å²) in [4.78, 5) is 2.26. The first-order chi connectivity index (χ1) is 11.6. The van der Waals surface area contributed by atoms with Crippen LogP contribution in [0.4, 0.5) is 0 Å². The van der Waals surface area contributed by atoms with Crippen LogP contribution >= 0.6 is 0 Å². The molecular weight excluding hydrogens is 324 g/mol. The molecule has 0 aromatic heterocycles. The van der Waals surface area contributed by atoms with Gasteiger partial charge in [0, 0.05) is 5.56 Å². The van der Waals surface area contributed by atoms with Crippen LogP contribution in [0, 0.1) is 0 Å². The molecule has 1 N–H and O–H groups in total. The smallest absolute Gasteiger partial charge is 0.247 e. The van der Waals surface area contributed by atoms with Gasteiger partial charge in [-0.25, -0.2) is 13.2 Å². The van der Waals surface area contributed by atoms with Gasteiger partial charge in [-0.2, -0.15) is 5.10 Å². The molecule has 6 heteroatoms. The van der Waals surface area contributed by atoms with Crippen LogP contribution in [-0.4, -0.2) is 27.5 Å². The van der Waals surface area contributed by atoms with Crippen molar-refractivity contribution in [1.82, 2.24) is 4.83 Å². The summed E-state index contributed by atoms with van der Waals surface area (Å²) < 4.78 is 29.0. The quantitative estimate of drug-likeness (QED) is 0.329. The van der Waals surface area contributed by atoms with Crippen molar-refractivity contribution in [2.24, 2.45) is 5.10 Å². The summed E-state index contributed by atoms with van der Waals surface area (Å²) in [5.74, 6) is 0.772. The Balaban J connectivity index is 2.25. The Morgan fingerprint density at radius 2 is 1.67 bits per heavy atom. The van der Waals surface area contributed by atoms with E-state index < -0.39 is 10.0 Å². The molecular formula is C18H30N2O3S. The molecule has 0 atom stereocenters. The van der Waals surface area contributed by atoms with E-state index in [-0.39, 0.29) is 5.75 Å². The Bertz CT molecular complexity index is 586. The highest BCUT2D eigenvalue weighted by molar-refractivity contribution is 7.89. The fraction of sp³-hybridized carbons (Fsp3) is 0.611. The number of unbranched alkanes of at least 4 members (excludes halogenated alkanes) is 7. The maximum Gasteiger partial charge on any atom is 0.247 e. The maximum atomic E-state index is 11.9. The van der Waals surface area contributed by atoms with Crippen LogP contribution in [-0.2, 0) is 10.0 Å². The third-order valence-electron chi connectivity index (χ3n) is 3.80. The summed E-state index contributed by atoms with van der Waals surface area (Å²) in [5.41, 5.74) is 0.731. The number of hydrogen-bond donors (Lipinski definition) is 1. The molecule has 0 unspecified atom stereocenters. The van der Waals surface area contributed by atoms with Crippen LogP contribution in [0.5, 0.6) is 5.75 Å². The topological polar surface area (TPSA) is 67.8 Å². The number of nitrogens with one attached hydrogen (secondary N) is 1. The number of methoxy groups -OCH3 is 1. The predicted octanol–water partition coefficient (Wildman–Crippen LogP) is 4.09. The second-order valence-corrected chi connectivity index (χ2v) is 7.71. The molecule has 1 aromatic carbocycles. The molecule has 0 aliphatic rings. The standard InChI is InChI=1S/C18H30N2O3S/c1-3-4-5-6-7-8-9-12-15-24(21,22)20-19-16-17-13-10-11-14-18(17)23-2/h10-11,13-14,16,20H,3-9,12,15H2,1-2H3/b19-16-. The van der Waals surface area contributed by atoms with Gasteiger partial charge in [-0.1, -0.05) is 64.0 Å². The maximum absolute atomic E-state index is 11.9. The van der Waals surface area contributed by atoms with E-state index in [2.05, 4.69) is 16.9 Å². The molecule has 0 amide bonds. The zero-order chi connectivity index (χ0) is 17.7. The Labute approximate surface area is 146 Å². The number of benzene rings is 1. The van der Waals surface area contributed by atoms with Gasteiger partial charge in [0.15, 0.2) is 0 Å². The van der Waals surface area contributed by atoms with Gasteiger partial charge >= 0.3 is 0 Å². The van der Waals surface area contributed by atoms with Crippen molar-refractivity contribution in [3.05, 3.63) is 29.8 Å². The summed E-state index contributed by atoms with van der Waals surface area (Å²) in [5, 5.41) is 3.83. The Hall–Kier alpha value is -1.56. The number of sulfonamides is 1. The lowest BCUT2D eigenvalue weighted by Crippen LogP contribution is -2.21. The van der Waals surface area contributed by atoms with Crippen LogP contribution in [0.15, 0.2) is 29.4 Å². The van der Waals surface area contributed by atoms with Gasteiger partial charge < -0.3 is 4.74 Å². The van der Waals surface area contributed by atoms with Crippen molar-refractivity contribution in [1.29, 1.82) is 0 Å². The molecule has 0 saturated carbocycles. The minimum absolute atomic E-state index is 0.116. The SMILES string of the molecule is CCCCCCCCCCS(=O)(=O)N/N=C\c1ccccc1OC. The third kappa shape index (κ3) is 8.91. The van der Waals surface area contributed by atoms with Crippen molar-refractivity contribution >= 4 is 16.2 Å². The lowest BCUT2D eigenvalue weighted by atomic mass is 10.1. The van der Waals surface area contributed by atoms with E-state index >= 15 is 0 Å². The fourth-order valence-electron chi connectivity index (χ4n) is 2.42. The first kappa shape index (κ1) is 20.5. The molecule has 0 saturated heterocycles. The van der Waals surface area contributed by atoms with Gasteiger partial charge in [0.25, 0.3) is 0 Å². The summed E-state index contributed by atoms with van der Waals surface area (Å²) in [6.45, 7) is 2.20. The Kier molecular flexibility index (Phi) is 10.2. The molecule has 0 aliphatic heterocycles. The number of hydrazone groups is 1. The number of nitrogens with zero attached hydrogens (tertiary/aromatic N) is 1. The van der Waals surface area contributed by atoms with E-state index in [1.54, 1.807) is 13.2 Å². The van der Waals surface area contributed by atoms with E-state index in [0.717, 1.165) is 18.4 Å². The number of para-hydroxylation sites is 1. The molecule has 0 radical (unpaired) electrons. The molecule has 0 spiro atoms. The van der Waals surface area contributed by atoms with E-state index in [1.165, 1.54) is 38.3 Å². The van der Waals surface area contributed by atoms with Crippen LogP contribution in [0.25, 0.3) is 0 Å². The highest BCUT2D eigenvalue weighted by Crippen LogP contribution is 2.14. The molecule has 24 heavy (non-hydrogen) atoms. The molecule has 136 valence electrons. The molecule has 1 rings (SSSR count). The largest absolute Gasteiger partial charge is 0.496 e. The molecule has 0 aliphatic carbocycles. The van der Waals surface area contributed by atoms with Crippen molar-refractivity contribution in [2.45, 2.75) is 58.3 Å². The molecule has 5 nitrogen and oxygen atoms in total. The van der Waals surface area contributed by atoms with Crippen molar-refractivity contribution in [3.63, 3.8) is 0 Å². The average Bonchev–Trinajstić information content (AvgIpc) is 2.57. The molecule has 0 fully saturated rings. The van der Waals surface area contributed by atoms with Crippen molar-refractivity contribution < 1.29 is 13.2 Å². The summed E-state index contributed by atoms with van der Waals surface area (Å²) >= 11 is 0. The third-order valence-corrected chi connectivity index (χ3v) is 5.01. The molecule has 0 heterocycles. The normalized spacial score (nSPS) is 11.8. The predicted molar refractivity (Wildman–Crippen MR) is 100 cm³/mol. The van der Waals surface area contributed by atoms with Crippen LogP contribution in [0.3, 0.4) is 0 Å². The Morgan fingerprint density at radius 3 is 2.33 bits per heavy atom. The highest BCUT2D eigenvalue weighted by atomic mass is 32.2. The Morgan fingerprint density at radius 1 is 1.04 bits per heavy atom. The lowest BCUT2D eigenvalue weighted by Gasteiger charge is -2.05. The average molecular weight is 355 g/mol. The minimum atomic E-state index is -3.36. The number of ether oxygens (including phenoxy) is 1.